The van der Waals surface area contributed by atoms with E-state index in [1.54, 1.807) is 0 Å². The number of unbranched alkanes of at least 4 members (excludes halogenated alkanes) is 1. The van der Waals surface area contributed by atoms with Gasteiger partial charge in [-0.1, -0.05) is 30.4 Å². The number of ether oxygens (including phenoxy) is 1. The molecule has 0 aromatic carbocycles. The number of aliphatic carboxylic acids is 1. The molecule has 0 amide bonds. The average Bonchev–Trinajstić information content (AvgIpc) is 2.39. The molecule has 20 heavy (non-hydrogen) atoms. The van der Waals surface area contributed by atoms with Crippen molar-refractivity contribution in [3.05, 3.63) is 36.5 Å². The van der Waals surface area contributed by atoms with Gasteiger partial charge in [-0.2, -0.15) is 0 Å². The Kier molecular flexibility index (Phi) is 11.0. The van der Waals surface area contributed by atoms with E-state index in [4.69, 9.17) is 9.84 Å². The van der Waals surface area contributed by atoms with E-state index in [2.05, 4.69) is 0 Å². The monoisotopic (exact) mass is 282 g/mol. The summed E-state index contributed by atoms with van der Waals surface area (Å²) < 4.78 is 4.76. The van der Waals surface area contributed by atoms with Gasteiger partial charge in [-0.3, -0.25) is 4.79 Å². The van der Waals surface area contributed by atoms with Crippen molar-refractivity contribution in [3.63, 3.8) is 0 Å². The molecule has 0 rings (SSSR count). The van der Waals surface area contributed by atoms with Crippen molar-refractivity contribution in [1.29, 1.82) is 0 Å². The molecule has 0 radical (unpaired) electrons. The zero-order valence-electron chi connectivity index (χ0n) is 11.6. The first-order valence-corrected chi connectivity index (χ1v) is 6.56. The van der Waals surface area contributed by atoms with E-state index < -0.39 is 12.1 Å². The maximum absolute atomic E-state index is 10.2. The Morgan fingerprint density at radius 3 is 2.70 bits per heavy atom. The molecule has 2 atom stereocenters. The number of carbonyl (C=O) groups excluding carboxylic acids is 1. The van der Waals surface area contributed by atoms with Gasteiger partial charge in [-0.05, 0) is 32.6 Å². The molecule has 0 aliphatic heterocycles. The number of carbonyl (C=O) groups is 2. The first-order valence-electron chi connectivity index (χ1n) is 6.56. The number of carboxylic acid groups (broad SMARTS) is 1. The van der Waals surface area contributed by atoms with Crippen molar-refractivity contribution in [2.45, 2.75) is 44.8 Å². The maximum atomic E-state index is 10.2. The Labute approximate surface area is 119 Å². The Hall–Kier alpha value is -1.88. The van der Waals surface area contributed by atoms with Crippen LogP contribution in [0.15, 0.2) is 36.5 Å². The minimum Gasteiger partial charge on any atom is -0.478 e. The second-order valence-electron chi connectivity index (χ2n) is 4.33. The highest BCUT2D eigenvalue weighted by Gasteiger charge is 1.99. The lowest BCUT2D eigenvalue weighted by Crippen LogP contribution is -2.05. The summed E-state index contributed by atoms with van der Waals surface area (Å²) >= 11 is 0. The molecule has 2 N–H and O–H groups in total. The molecule has 0 aromatic heterocycles. The van der Waals surface area contributed by atoms with Crippen LogP contribution < -0.4 is 0 Å². The van der Waals surface area contributed by atoms with Crippen LogP contribution in [0.5, 0.6) is 0 Å². The van der Waals surface area contributed by atoms with Crippen LogP contribution in [-0.4, -0.2) is 34.9 Å². The van der Waals surface area contributed by atoms with Crippen LogP contribution in [-0.2, 0) is 14.3 Å². The van der Waals surface area contributed by atoms with Gasteiger partial charge < -0.3 is 14.9 Å². The van der Waals surface area contributed by atoms with Gasteiger partial charge in [-0.15, -0.1) is 0 Å². The predicted octanol–water partition coefficient (Wildman–Crippen LogP) is 2.22. The van der Waals surface area contributed by atoms with E-state index >= 15 is 0 Å². The zero-order chi connectivity index (χ0) is 15.2. The third-order valence-corrected chi connectivity index (χ3v) is 2.50. The fourth-order valence-corrected chi connectivity index (χ4v) is 1.45. The molecule has 0 heterocycles. The smallest absolute Gasteiger partial charge is 0.328 e. The molecule has 0 saturated carbocycles. The fraction of sp³-hybridized carbons (Fsp3) is 0.467. The van der Waals surface area contributed by atoms with Crippen molar-refractivity contribution < 1.29 is 24.5 Å². The lowest BCUT2D eigenvalue weighted by atomic mass is 10.1. The minimum atomic E-state index is -1.02. The highest BCUT2D eigenvalue weighted by Crippen LogP contribution is 2.05. The molecule has 0 saturated heterocycles. The topological polar surface area (TPSA) is 83.8 Å². The van der Waals surface area contributed by atoms with Gasteiger partial charge in [0.1, 0.15) is 0 Å². The Balaban J connectivity index is 3.68. The molecule has 0 fully saturated rings. The summed E-state index contributed by atoms with van der Waals surface area (Å²) in [6.45, 7) is 2.30. The van der Waals surface area contributed by atoms with Gasteiger partial charge in [0, 0.05) is 6.08 Å². The summed E-state index contributed by atoms with van der Waals surface area (Å²) in [6, 6.07) is 0. The van der Waals surface area contributed by atoms with Crippen LogP contribution in [0.3, 0.4) is 0 Å². The number of aliphatic hydroxyl groups is 1. The molecule has 0 aromatic rings. The second-order valence-corrected chi connectivity index (χ2v) is 4.33. The van der Waals surface area contributed by atoms with E-state index in [0.29, 0.717) is 12.9 Å². The van der Waals surface area contributed by atoms with Gasteiger partial charge in [0.2, 0.25) is 0 Å². The molecule has 5 heteroatoms. The average molecular weight is 282 g/mol. The largest absolute Gasteiger partial charge is 0.478 e. The maximum Gasteiger partial charge on any atom is 0.328 e. The Bertz CT molecular complexity index is 357. The summed E-state index contributed by atoms with van der Waals surface area (Å²) in [5.74, 6) is -1.02. The Morgan fingerprint density at radius 1 is 1.30 bits per heavy atom. The third-order valence-electron chi connectivity index (χ3n) is 2.50. The van der Waals surface area contributed by atoms with Gasteiger partial charge in [0.15, 0.2) is 0 Å². The number of allylic oxidation sites excluding steroid dienone is 3. The van der Waals surface area contributed by atoms with E-state index in [9.17, 15) is 14.7 Å². The minimum absolute atomic E-state index is 0.0598. The number of aliphatic hydroxyl groups excluding tert-OH is 1. The summed E-state index contributed by atoms with van der Waals surface area (Å²) in [4.78, 5) is 20.2. The van der Waals surface area contributed by atoms with Crippen LogP contribution in [0.25, 0.3) is 0 Å². The van der Waals surface area contributed by atoms with Crippen molar-refractivity contribution >= 4 is 12.4 Å². The summed E-state index contributed by atoms with van der Waals surface area (Å²) in [7, 11) is 0. The summed E-state index contributed by atoms with van der Waals surface area (Å²) in [5.41, 5.74) is 0. The summed E-state index contributed by atoms with van der Waals surface area (Å²) in [6.07, 6.45) is 11.6. The second kappa shape index (κ2) is 12.2. The van der Waals surface area contributed by atoms with Gasteiger partial charge >= 0.3 is 5.97 Å². The Morgan fingerprint density at radius 2 is 2.05 bits per heavy atom. The molecule has 0 unspecified atom stereocenters. The van der Waals surface area contributed by atoms with Crippen molar-refractivity contribution in [2.24, 2.45) is 0 Å². The van der Waals surface area contributed by atoms with Crippen LogP contribution in [0.4, 0.5) is 0 Å². The van der Waals surface area contributed by atoms with Crippen molar-refractivity contribution in [3.8, 4) is 0 Å². The first-order chi connectivity index (χ1) is 9.56. The SMILES string of the molecule is C[C@H](CCC/C=C/C[C@H](O)/C=C/C=C/C(=O)O)OC=O. The molecule has 0 aliphatic carbocycles. The van der Waals surface area contributed by atoms with E-state index in [1.165, 1.54) is 18.2 Å². The predicted molar refractivity (Wildman–Crippen MR) is 76.1 cm³/mol. The summed E-state index contributed by atoms with van der Waals surface area (Å²) in [5, 5.41) is 17.9. The fourth-order valence-electron chi connectivity index (χ4n) is 1.45. The molecule has 5 nitrogen and oxygen atoms in total. The van der Waals surface area contributed by atoms with E-state index in [1.807, 2.05) is 19.1 Å². The number of rotatable bonds is 11. The number of hydrogen-bond acceptors (Lipinski definition) is 4. The normalized spacial score (nSPS) is 14.9. The molecular formula is C15H22O5. The standard InChI is InChI=1S/C15H22O5/c1-13(20-12-16)8-4-2-3-5-9-14(17)10-6-7-11-15(18)19/h3,5-7,10-14,17H,2,4,8-9H2,1H3,(H,18,19)/b5-3+,10-6+,11-7+/t13-,14+/m1/s1. The molecule has 0 aliphatic rings. The van der Waals surface area contributed by atoms with Crippen LogP contribution >= 0.6 is 0 Å². The highest BCUT2D eigenvalue weighted by molar-refractivity contribution is 5.80. The van der Waals surface area contributed by atoms with Gasteiger partial charge in [-0.25, -0.2) is 4.79 Å². The van der Waals surface area contributed by atoms with Crippen molar-refractivity contribution in [1.82, 2.24) is 0 Å². The number of hydrogen-bond donors (Lipinski definition) is 2. The molecule has 0 spiro atoms. The quantitative estimate of drug-likeness (QED) is 0.199. The van der Waals surface area contributed by atoms with Crippen LogP contribution in [0, 0.1) is 0 Å². The highest BCUT2D eigenvalue weighted by atomic mass is 16.5. The number of carboxylic acids is 1. The zero-order valence-corrected chi connectivity index (χ0v) is 11.6. The van der Waals surface area contributed by atoms with Crippen LogP contribution in [0.1, 0.15) is 32.6 Å². The van der Waals surface area contributed by atoms with Crippen molar-refractivity contribution in [2.75, 3.05) is 0 Å². The molecule has 0 bridgehead atoms. The van der Waals surface area contributed by atoms with E-state index in [0.717, 1.165) is 25.3 Å². The lowest BCUT2D eigenvalue weighted by Gasteiger charge is -2.07. The molecular weight excluding hydrogens is 260 g/mol. The molecule has 112 valence electrons. The van der Waals surface area contributed by atoms with E-state index in [-0.39, 0.29) is 6.10 Å². The lowest BCUT2D eigenvalue weighted by molar-refractivity contribution is -0.133. The van der Waals surface area contributed by atoms with Gasteiger partial charge in [0.05, 0.1) is 12.2 Å². The first kappa shape index (κ1) is 18.1. The third kappa shape index (κ3) is 12.6. The van der Waals surface area contributed by atoms with Gasteiger partial charge in [0.25, 0.3) is 6.47 Å². The van der Waals surface area contributed by atoms with Crippen LogP contribution in [0.2, 0.25) is 0 Å².